The average Bonchev–Trinajstić information content (AvgIpc) is 2.38. The monoisotopic (exact) mass is 244 g/mol. The zero-order chi connectivity index (χ0) is 11.7. The first-order chi connectivity index (χ1) is 8.34. The highest BCUT2D eigenvalue weighted by Gasteiger charge is 2.23. The van der Waals surface area contributed by atoms with Crippen LogP contribution in [0.3, 0.4) is 0 Å². The molecule has 0 N–H and O–H groups in total. The summed E-state index contributed by atoms with van der Waals surface area (Å²) >= 11 is 1.26. The highest BCUT2D eigenvalue weighted by Crippen LogP contribution is 2.34. The van der Waals surface area contributed by atoms with E-state index in [0.717, 1.165) is 5.56 Å². The molecular formula is C14H12O2S. The lowest BCUT2D eigenvalue weighted by atomic mass is 9.99. The van der Waals surface area contributed by atoms with E-state index in [1.54, 1.807) is 0 Å². The number of carbonyl (C=O) groups is 1. The smallest absolute Gasteiger partial charge is 0.194 e. The Morgan fingerprint density at radius 2 is 1.94 bits per heavy atom. The maximum Gasteiger partial charge on any atom is 0.194 e. The first-order valence-electron chi connectivity index (χ1n) is 5.59. The standard InChI is InChI=1S/C14H12O2S/c15-14-8-13(16-9-17-14)12-7-3-5-10-4-1-2-6-11(10)12/h1-7,13H,8-9H2. The Hall–Kier alpha value is -1.32. The van der Waals surface area contributed by atoms with Gasteiger partial charge in [0.1, 0.15) is 5.94 Å². The van der Waals surface area contributed by atoms with Gasteiger partial charge in [0, 0.05) is 6.42 Å². The molecule has 1 fully saturated rings. The fourth-order valence-corrected chi connectivity index (χ4v) is 2.82. The van der Waals surface area contributed by atoms with E-state index in [2.05, 4.69) is 24.3 Å². The molecule has 0 amide bonds. The fourth-order valence-electron chi connectivity index (χ4n) is 2.18. The summed E-state index contributed by atoms with van der Waals surface area (Å²) in [6.07, 6.45) is 0.383. The molecule has 3 rings (SSSR count). The second-order valence-corrected chi connectivity index (χ2v) is 5.04. The molecule has 1 heterocycles. The number of thioether (sulfide) groups is 1. The van der Waals surface area contributed by atoms with Gasteiger partial charge >= 0.3 is 0 Å². The van der Waals surface area contributed by atoms with Gasteiger partial charge in [0.25, 0.3) is 0 Å². The number of rotatable bonds is 1. The Morgan fingerprint density at radius 1 is 1.12 bits per heavy atom. The van der Waals surface area contributed by atoms with Crippen molar-refractivity contribution in [1.29, 1.82) is 0 Å². The predicted octanol–water partition coefficient (Wildman–Crippen LogP) is 3.52. The molecule has 2 nitrogen and oxygen atoms in total. The first-order valence-corrected chi connectivity index (χ1v) is 6.58. The Kier molecular flexibility index (Phi) is 2.87. The van der Waals surface area contributed by atoms with Gasteiger partial charge in [-0.25, -0.2) is 0 Å². The van der Waals surface area contributed by atoms with Gasteiger partial charge in [-0.05, 0) is 16.3 Å². The summed E-state index contributed by atoms with van der Waals surface area (Å²) < 4.78 is 5.68. The molecule has 1 saturated heterocycles. The molecule has 2 aromatic carbocycles. The Labute approximate surface area is 104 Å². The molecular weight excluding hydrogens is 232 g/mol. The van der Waals surface area contributed by atoms with Gasteiger partial charge in [-0.1, -0.05) is 54.2 Å². The molecule has 0 radical (unpaired) electrons. The van der Waals surface area contributed by atoms with Crippen LogP contribution in [0, 0.1) is 0 Å². The minimum absolute atomic E-state index is 0.0881. The van der Waals surface area contributed by atoms with E-state index >= 15 is 0 Å². The summed E-state index contributed by atoms with van der Waals surface area (Å²) in [5.41, 5.74) is 1.12. The normalized spacial score (nSPS) is 20.7. The van der Waals surface area contributed by atoms with Gasteiger partial charge in [-0.2, -0.15) is 0 Å². The summed E-state index contributed by atoms with van der Waals surface area (Å²) in [4.78, 5) is 11.5. The molecule has 0 aliphatic carbocycles. The highest BCUT2D eigenvalue weighted by atomic mass is 32.2. The van der Waals surface area contributed by atoms with Crippen molar-refractivity contribution in [3.63, 3.8) is 0 Å². The number of hydrogen-bond donors (Lipinski definition) is 0. The van der Waals surface area contributed by atoms with Crippen molar-refractivity contribution in [3.8, 4) is 0 Å². The van der Waals surface area contributed by atoms with Crippen LogP contribution in [0.4, 0.5) is 0 Å². The maximum atomic E-state index is 11.5. The Morgan fingerprint density at radius 3 is 2.82 bits per heavy atom. The van der Waals surface area contributed by atoms with Crippen LogP contribution in [0.15, 0.2) is 42.5 Å². The summed E-state index contributed by atoms with van der Waals surface area (Å²) in [5.74, 6) is 0.465. The van der Waals surface area contributed by atoms with E-state index in [1.165, 1.54) is 22.5 Å². The van der Waals surface area contributed by atoms with E-state index in [-0.39, 0.29) is 11.2 Å². The molecule has 1 atom stereocenters. The summed E-state index contributed by atoms with van der Waals surface area (Å²) in [5, 5.41) is 2.59. The van der Waals surface area contributed by atoms with Crippen LogP contribution in [0.1, 0.15) is 18.1 Å². The lowest BCUT2D eigenvalue weighted by Gasteiger charge is -2.22. The van der Waals surface area contributed by atoms with Crippen molar-refractivity contribution in [2.45, 2.75) is 12.5 Å². The molecule has 1 aliphatic heterocycles. The van der Waals surface area contributed by atoms with Crippen LogP contribution in [0.2, 0.25) is 0 Å². The van der Waals surface area contributed by atoms with E-state index in [9.17, 15) is 4.79 Å². The van der Waals surface area contributed by atoms with Gasteiger partial charge in [-0.15, -0.1) is 0 Å². The first kappa shape index (κ1) is 10.8. The summed E-state index contributed by atoms with van der Waals surface area (Å²) in [6.45, 7) is 0. The molecule has 86 valence electrons. The number of fused-ring (bicyclic) bond motifs is 1. The number of hydrogen-bond acceptors (Lipinski definition) is 3. The van der Waals surface area contributed by atoms with E-state index in [1.807, 2.05) is 18.2 Å². The lowest BCUT2D eigenvalue weighted by molar-refractivity contribution is -0.114. The Bertz CT molecular complexity index is 560. The average molecular weight is 244 g/mol. The zero-order valence-electron chi connectivity index (χ0n) is 9.26. The molecule has 0 saturated carbocycles. The number of carbonyl (C=O) groups excluding carboxylic acids is 1. The predicted molar refractivity (Wildman–Crippen MR) is 69.9 cm³/mol. The van der Waals surface area contributed by atoms with Crippen LogP contribution >= 0.6 is 11.8 Å². The second-order valence-electron chi connectivity index (χ2n) is 4.06. The van der Waals surface area contributed by atoms with Crippen LogP contribution in [-0.2, 0) is 9.53 Å². The largest absolute Gasteiger partial charge is 0.362 e. The van der Waals surface area contributed by atoms with E-state index in [0.29, 0.717) is 12.4 Å². The quantitative estimate of drug-likeness (QED) is 0.767. The van der Waals surface area contributed by atoms with E-state index < -0.39 is 0 Å². The summed E-state index contributed by atoms with van der Waals surface area (Å²) in [6, 6.07) is 14.4. The topological polar surface area (TPSA) is 26.3 Å². The third kappa shape index (κ3) is 2.08. The summed E-state index contributed by atoms with van der Waals surface area (Å²) in [7, 11) is 0. The third-order valence-corrected chi connectivity index (χ3v) is 3.75. The lowest BCUT2D eigenvalue weighted by Crippen LogP contribution is -2.15. The second kappa shape index (κ2) is 4.51. The molecule has 2 aromatic rings. The van der Waals surface area contributed by atoms with Gasteiger partial charge in [0.15, 0.2) is 5.12 Å². The minimum atomic E-state index is -0.0881. The molecule has 17 heavy (non-hydrogen) atoms. The van der Waals surface area contributed by atoms with Crippen molar-refractivity contribution in [3.05, 3.63) is 48.0 Å². The third-order valence-electron chi connectivity index (χ3n) is 3.01. The van der Waals surface area contributed by atoms with Crippen LogP contribution in [0.5, 0.6) is 0 Å². The molecule has 0 aromatic heterocycles. The van der Waals surface area contributed by atoms with Crippen molar-refractivity contribution in [1.82, 2.24) is 0 Å². The van der Waals surface area contributed by atoms with Gasteiger partial charge in [-0.3, -0.25) is 4.79 Å². The van der Waals surface area contributed by atoms with Crippen molar-refractivity contribution >= 4 is 27.6 Å². The highest BCUT2D eigenvalue weighted by molar-refractivity contribution is 8.13. The van der Waals surface area contributed by atoms with Crippen molar-refractivity contribution in [2.24, 2.45) is 0 Å². The maximum absolute atomic E-state index is 11.5. The van der Waals surface area contributed by atoms with Crippen LogP contribution < -0.4 is 0 Å². The molecule has 3 heteroatoms. The van der Waals surface area contributed by atoms with Crippen molar-refractivity contribution in [2.75, 3.05) is 5.94 Å². The van der Waals surface area contributed by atoms with Gasteiger partial charge in [0.2, 0.25) is 0 Å². The van der Waals surface area contributed by atoms with Crippen LogP contribution in [0.25, 0.3) is 10.8 Å². The Balaban J connectivity index is 2.07. The SMILES string of the molecule is O=C1CC(c2cccc3ccccc23)OCS1. The van der Waals surface area contributed by atoms with Crippen molar-refractivity contribution < 1.29 is 9.53 Å². The molecule has 0 spiro atoms. The van der Waals surface area contributed by atoms with Gasteiger partial charge < -0.3 is 4.74 Å². The zero-order valence-corrected chi connectivity index (χ0v) is 10.1. The molecule has 1 unspecified atom stereocenters. The van der Waals surface area contributed by atoms with Gasteiger partial charge in [0.05, 0.1) is 6.10 Å². The molecule has 0 bridgehead atoms. The fraction of sp³-hybridized carbons (Fsp3) is 0.214. The minimum Gasteiger partial charge on any atom is -0.362 e. The van der Waals surface area contributed by atoms with E-state index in [4.69, 9.17) is 4.74 Å². The van der Waals surface area contributed by atoms with Crippen LogP contribution in [-0.4, -0.2) is 11.1 Å². The number of ether oxygens (including phenoxy) is 1. The molecule has 1 aliphatic rings. The number of benzene rings is 2.